The highest BCUT2D eigenvalue weighted by Gasteiger charge is 2.33. The minimum Gasteiger partial charge on any atom is -0.508 e. The van der Waals surface area contributed by atoms with Crippen molar-refractivity contribution in [1.29, 1.82) is 0 Å². The lowest BCUT2D eigenvalue weighted by Gasteiger charge is -2.17. The van der Waals surface area contributed by atoms with Gasteiger partial charge in [-0.3, -0.25) is 0 Å². The second-order valence-electron chi connectivity index (χ2n) is 6.76. The maximum absolute atomic E-state index is 12.9. The molecule has 2 aromatic carbocycles. The molecule has 2 heterocycles. The molecule has 4 rings (SSSR count). The Hall–Kier alpha value is -2.05. The van der Waals surface area contributed by atoms with E-state index in [4.69, 9.17) is 4.74 Å². The third kappa shape index (κ3) is 3.24. The number of phenols is 1. The predicted octanol–water partition coefficient (Wildman–Crippen LogP) is 2.58. The van der Waals surface area contributed by atoms with Gasteiger partial charge in [0.15, 0.2) is 0 Å². The van der Waals surface area contributed by atoms with Gasteiger partial charge in [-0.15, -0.1) is 0 Å². The molecule has 2 aliphatic rings. The number of ether oxygens (including phenoxy) is 1. The molecule has 2 aromatic rings. The van der Waals surface area contributed by atoms with E-state index in [1.165, 1.54) is 0 Å². The van der Waals surface area contributed by atoms with E-state index >= 15 is 0 Å². The Morgan fingerprint density at radius 1 is 1.20 bits per heavy atom. The van der Waals surface area contributed by atoms with Crippen LogP contribution in [0.2, 0.25) is 0 Å². The molecule has 0 spiro atoms. The van der Waals surface area contributed by atoms with E-state index in [9.17, 15) is 13.5 Å². The van der Waals surface area contributed by atoms with E-state index in [-0.39, 0.29) is 11.7 Å². The van der Waals surface area contributed by atoms with Gasteiger partial charge in [0.2, 0.25) is 10.0 Å². The molecule has 25 heavy (non-hydrogen) atoms. The normalized spacial score (nSPS) is 20.4. The smallest absolute Gasteiger partial charge is 0.243 e. The fourth-order valence-electron chi connectivity index (χ4n) is 3.67. The second-order valence-corrected chi connectivity index (χ2v) is 8.70. The summed E-state index contributed by atoms with van der Waals surface area (Å²) in [5.74, 6) is 1.32. The third-order valence-electron chi connectivity index (χ3n) is 4.98. The zero-order chi connectivity index (χ0) is 17.4. The van der Waals surface area contributed by atoms with Crippen molar-refractivity contribution in [3.8, 4) is 11.5 Å². The lowest BCUT2D eigenvalue weighted by atomic mass is 9.99. The molecular formula is C19H21NO4S. The predicted molar refractivity (Wildman–Crippen MR) is 94.3 cm³/mol. The maximum atomic E-state index is 12.9. The van der Waals surface area contributed by atoms with Gasteiger partial charge < -0.3 is 9.84 Å². The number of phenolic OH excluding ortho intramolecular Hbond substituents is 1. The fourth-order valence-corrected chi connectivity index (χ4v) is 5.25. The Labute approximate surface area is 147 Å². The Balaban J connectivity index is 1.49. The van der Waals surface area contributed by atoms with Crippen molar-refractivity contribution in [2.45, 2.75) is 24.2 Å². The van der Waals surface area contributed by atoms with E-state index < -0.39 is 10.0 Å². The maximum Gasteiger partial charge on any atom is 0.243 e. The number of aromatic hydroxyl groups is 1. The Bertz CT molecular complexity index is 894. The van der Waals surface area contributed by atoms with Crippen molar-refractivity contribution < 1.29 is 18.3 Å². The molecule has 0 aliphatic carbocycles. The molecule has 1 saturated heterocycles. The number of sulfonamides is 1. The average Bonchev–Trinajstić information content (AvgIpc) is 3.23. The average molecular weight is 359 g/mol. The summed E-state index contributed by atoms with van der Waals surface area (Å²) in [6.45, 7) is 1.68. The van der Waals surface area contributed by atoms with E-state index in [2.05, 4.69) is 0 Å². The van der Waals surface area contributed by atoms with Gasteiger partial charge in [0.25, 0.3) is 0 Å². The van der Waals surface area contributed by atoms with Crippen molar-refractivity contribution in [2.24, 2.45) is 5.92 Å². The summed E-state index contributed by atoms with van der Waals surface area (Å²) in [7, 11) is -3.47. The zero-order valence-corrected chi connectivity index (χ0v) is 14.7. The summed E-state index contributed by atoms with van der Waals surface area (Å²) in [6.07, 6.45) is 2.38. The van der Waals surface area contributed by atoms with Gasteiger partial charge in [-0.25, -0.2) is 8.42 Å². The first-order valence-corrected chi connectivity index (χ1v) is 10.0. The van der Waals surface area contributed by atoms with Crippen LogP contribution in [0.25, 0.3) is 0 Å². The first-order chi connectivity index (χ1) is 12.0. The summed E-state index contributed by atoms with van der Waals surface area (Å²) in [5.41, 5.74) is 2.01. The van der Waals surface area contributed by atoms with Crippen LogP contribution in [0.5, 0.6) is 11.5 Å². The van der Waals surface area contributed by atoms with Crippen molar-refractivity contribution in [2.75, 3.05) is 19.7 Å². The van der Waals surface area contributed by atoms with Crippen LogP contribution < -0.4 is 4.74 Å². The number of rotatable bonds is 4. The fraction of sp³-hybridized carbons (Fsp3) is 0.368. The molecule has 1 N–H and O–H groups in total. The van der Waals surface area contributed by atoms with Gasteiger partial charge in [0.1, 0.15) is 11.5 Å². The first kappa shape index (κ1) is 16.4. The number of nitrogens with zero attached hydrogens (tertiary/aromatic N) is 1. The number of hydrogen-bond acceptors (Lipinski definition) is 4. The molecular weight excluding hydrogens is 338 g/mol. The summed E-state index contributed by atoms with van der Waals surface area (Å²) in [6, 6.07) is 12.3. The summed E-state index contributed by atoms with van der Waals surface area (Å²) in [5, 5.41) is 9.58. The van der Waals surface area contributed by atoms with Crippen molar-refractivity contribution in [1.82, 2.24) is 4.31 Å². The molecule has 6 heteroatoms. The van der Waals surface area contributed by atoms with Crippen LogP contribution in [0.3, 0.4) is 0 Å². The Kier molecular flexibility index (Phi) is 4.17. The minimum absolute atomic E-state index is 0.250. The van der Waals surface area contributed by atoms with Crippen LogP contribution in [0, 0.1) is 5.92 Å². The molecule has 0 aromatic heterocycles. The van der Waals surface area contributed by atoms with Crippen LogP contribution in [0.1, 0.15) is 17.5 Å². The Morgan fingerprint density at radius 2 is 2.08 bits per heavy atom. The van der Waals surface area contributed by atoms with Gasteiger partial charge in [0.05, 0.1) is 11.5 Å². The Morgan fingerprint density at radius 3 is 2.92 bits per heavy atom. The molecule has 1 unspecified atom stereocenters. The van der Waals surface area contributed by atoms with Gasteiger partial charge in [-0.1, -0.05) is 12.1 Å². The molecule has 0 saturated carbocycles. The largest absolute Gasteiger partial charge is 0.508 e. The van der Waals surface area contributed by atoms with Crippen molar-refractivity contribution in [3.05, 3.63) is 53.6 Å². The molecule has 0 bridgehead atoms. The summed E-state index contributed by atoms with van der Waals surface area (Å²) >= 11 is 0. The highest BCUT2D eigenvalue weighted by atomic mass is 32.2. The lowest BCUT2D eigenvalue weighted by molar-refractivity contribution is 0.356. The van der Waals surface area contributed by atoms with Crippen LogP contribution in [-0.4, -0.2) is 37.5 Å². The zero-order valence-electron chi connectivity index (χ0n) is 13.9. The topological polar surface area (TPSA) is 66.8 Å². The van der Waals surface area contributed by atoms with Crippen LogP contribution in [0.15, 0.2) is 47.4 Å². The van der Waals surface area contributed by atoms with Gasteiger partial charge in [0, 0.05) is 19.5 Å². The SMILES string of the molecule is O=S(=O)(c1ccc2c(c1)CCO2)N1CCC(Cc2cccc(O)c2)C1. The highest BCUT2D eigenvalue weighted by Crippen LogP contribution is 2.31. The standard InChI is InChI=1S/C19H21NO4S/c21-17-3-1-2-14(11-17)10-15-6-8-20(13-15)25(22,23)18-4-5-19-16(12-18)7-9-24-19/h1-5,11-12,15,21H,6-10,13H2. The van der Waals surface area contributed by atoms with E-state index in [0.717, 1.165) is 36.1 Å². The molecule has 2 aliphatic heterocycles. The third-order valence-corrected chi connectivity index (χ3v) is 6.84. The van der Waals surface area contributed by atoms with Crippen LogP contribution in [-0.2, 0) is 22.9 Å². The molecule has 0 amide bonds. The van der Waals surface area contributed by atoms with Crippen molar-refractivity contribution >= 4 is 10.0 Å². The van der Waals surface area contributed by atoms with Crippen LogP contribution >= 0.6 is 0 Å². The van der Waals surface area contributed by atoms with E-state index in [1.807, 2.05) is 12.1 Å². The molecule has 1 fully saturated rings. The lowest BCUT2D eigenvalue weighted by Crippen LogP contribution is -2.29. The number of benzene rings is 2. The van der Waals surface area contributed by atoms with Crippen LogP contribution in [0.4, 0.5) is 0 Å². The first-order valence-electron chi connectivity index (χ1n) is 8.56. The molecule has 132 valence electrons. The quantitative estimate of drug-likeness (QED) is 0.911. The van der Waals surface area contributed by atoms with Gasteiger partial charge in [-0.2, -0.15) is 4.31 Å². The van der Waals surface area contributed by atoms with Gasteiger partial charge >= 0.3 is 0 Å². The monoisotopic (exact) mass is 359 g/mol. The molecule has 5 nitrogen and oxygen atoms in total. The highest BCUT2D eigenvalue weighted by molar-refractivity contribution is 7.89. The second kappa shape index (κ2) is 6.35. The van der Waals surface area contributed by atoms with Gasteiger partial charge in [-0.05, 0) is 60.2 Å². The van der Waals surface area contributed by atoms with Crippen molar-refractivity contribution in [3.63, 3.8) is 0 Å². The molecule has 0 radical (unpaired) electrons. The minimum atomic E-state index is -3.47. The van der Waals surface area contributed by atoms with E-state index in [1.54, 1.807) is 34.6 Å². The summed E-state index contributed by atoms with van der Waals surface area (Å²) < 4.78 is 32.9. The summed E-state index contributed by atoms with van der Waals surface area (Å²) in [4.78, 5) is 0.356. The molecule has 1 atom stereocenters. The number of hydrogen-bond donors (Lipinski definition) is 1. The van der Waals surface area contributed by atoms with E-state index in [0.29, 0.717) is 24.6 Å². The number of fused-ring (bicyclic) bond motifs is 1.